The lowest BCUT2D eigenvalue weighted by Gasteiger charge is -2.34. The third-order valence-electron chi connectivity index (χ3n) is 6.37. The molecule has 0 radical (unpaired) electrons. The topological polar surface area (TPSA) is 79.8 Å². The van der Waals surface area contributed by atoms with Gasteiger partial charge >= 0.3 is 0 Å². The number of amides is 1. The van der Waals surface area contributed by atoms with Crippen LogP contribution >= 0.6 is 22.9 Å². The van der Waals surface area contributed by atoms with Gasteiger partial charge in [0.05, 0.1) is 33.7 Å². The highest BCUT2D eigenvalue weighted by Gasteiger charge is 2.37. The standard InChI is InChI=1S/C24H26ClN3O4S2/c25-18-9-11-20(12-10-18)34(30,31)27-13-3-5-17(15-27)23(29)28(16-19-6-4-14-32-19)24-26-21-7-1-2-8-22(21)33-24/h1-2,7-12,17,19H,3-6,13-16H2. The first-order chi connectivity index (χ1) is 16.4. The van der Waals surface area contributed by atoms with E-state index in [1.807, 2.05) is 24.3 Å². The number of carbonyl (C=O) groups excluding carboxylic acids is 1. The van der Waals surface area contributed by atoms with E-state index >= 15 is 0 Å². The maximum absolute atomic E-state index is 13.8. The molecule has 0 aliphatic carbocycles. The van der Waals surface area contributed by atoms with Crippen LogP contribution in [0.1, 0.15) is 25.7 Å². The molecule has 1 amide bonds. The molecule has 0 bridgehead atoms. The van der Waals surface area contributed by atoms with E-state index in [4.69, 9.17) is 21.3 Å². The summed E-state index contributed by atoms with van der Waals surface area (Å²) in [6.45, 7) is 1.67. The van der Waals surface area contributed by atoms with E-state index in [1.165, 1.54) is 27.8 Å². The quantitative estimate of drug-likeness (QED) is 0.477. The lowest BCUT2D eigenvalue weighted by Crippen LogP contribution is -2.48. The molecule has 2 aliphatic heterocycles. The molecule has 0 N–H and O–H groups in total. The van der Waals surface area contributed by atoms with Gasteiger partial charge in [-0.2, -0.15) is 4.31 Å². The Morgan fingerprint density at radius 2 is 1.94 bits per heavy atom. The number of nitrogens with zero attached hydrogens (tertiary/aromatic N) is 3. The van der Waals surface area contributed by atoms with E-state index in [2.05, 4.69) is 0 Å². The number of piperidine rings is 1. The molecule has 2 saturated heterocycles. The summed E-state index contributed by atoms with van der Waals surface area (Å²) in [4.78, 5) is 20.4. The van der Waals surface area contributed by atoms with Crippen molar-refractivity contribution >= 4 is 54.2 Å². The summed E-state index contributed by atoms with van der Waals surface area (Å²) in [7, 11) is -3.71. The molecule has 2 aromatic carbocycles. The average Bonchev–Trinajstić information content (AvgIpc) is 3.52. The Bertz CT molecular complexity index is 1240. The number of hydrogen-bond donors (Lipinski definition) is 0. The SMILES string of the molecule is O=C(C1CCCN(S(=O)(=O)c2ccc(Cl)cc2)C1)N(CC1CCCO1)c1nc2ccccc2s1. The van der Waals surface area contributed by atoms with Gasteiger partial charge in [0.25, 0.3) is 0 Å². The first kappa shape index (κ1) is 23.7. The molecule has 7 nitrogen and oxygen atoms in total. The Hall–Kier alpha value is -2.04. The van der Waals surface area contributed by atoms with Gasteiger partial charge in [-0.05, 0) is 62.1 Å². The van der Waals surface area contributed by atoms with Crippen LogP contribution in [0, 0.1) is 5.92 Å². The second kappa shape index (κ2) is 9.91. The van der Waals surface area contributed by atoms with Crippen LogP contribution in [0.5, 0.6) is 0 Å². The van der Waals surface area contributed by atoms with E-state index in [1.54, 1.807) is 17.0 Å². The van der Waals surface area contributed by atoms with Crippen LogP contribution in [0.2, 0.25) is 5.02 Å². The van der Waals surface area contributed by atoms with Gasteiger partial charge in [0.15, 0.2) is 5.13 Å². The smallest absolute Gasteiger partial charge is 0.243 e. The van der Waals surface area contributed by atoms with E-state index < -0.39 is 15.9 Å². The Balaban J connectivity index is 1.40. The summed E-state index contributed by atoms with van der Waals surface area (Å²) >= 11 is 7.41. The molecule has 3 heterocycles. The van der Waals surface area contributed by atoms with Gasteiger partial charge in [-0.3, -0.25) is 9.69 Å². The molecule has 2 fully saturated rings. The second-order valence-corrected chi connectivity index (χ2v) is 12.1. The molecule has 5 rings (SSSR count). The number of para-hydroxylation sites is 1. The summed E-state index contributed by atoms with van der Waals surface area (Å²) in [5, 5.41) is 1.12. The van der Waals surface area contributed by atoms with Crippen molar-refractivity contribution in [3.05, 3.63) is 53.6 Å². The van der Waals surface area contributed by atoms with Crippen molar-refractivity contribution in [2.45, 2.75) is 36.7 Å². The fourth-order valence-corrected chi connectivity index (χ4v) is 7.20. The normalized spacial score (nSPS) is 21.7. The van der Waals surface area contributed by atoms with Gasteiger partial charge in [0.1, 0.15) is 0 Å². The van der Waals surface area contributed by atoms with Crippen LogP contribution < -0.4 is 4.90 Å². The monoisotopic (exact) mass is 519 g/mol. The van der Waals surface area contributed by atoms with E-state index in [9.17, 15) is 13.2 Å². The predicted molar refractivity (Wildman–Crippen MR) is 134 cm³/mol. The van der Waals surface area contributed by atoms with Gasteiger partial charge in [0.2, 0.25) is 15.9 Å². The Morgan fingerprint density at radius 3 is 2.68 bits per heavy atom. The first-order valence-electron chi connectivity index (χ1n) is 11.5. The van der Waals surface area contributed by atoms with Gasteiger partial charge in [-0.15, -0.1) is 0 Å². The third kappa shape index (κ3) is 4.85. The molecule has 2 atom stereocenters. The Kier molecular flexibility index (Phi) is 6.90. The zero-order valence-electron chi connectivity index (χ0n) is 18.6. The number of halogens is 1. The maximum atomic E-state index is 13.8. The molecular formula is C24H26ClN3O4S2. The van der Waals surface area contributed by atoms with Crippen LogP contribution in [0.4, 0.5) is 5.13 Å². The second-order valence-electron chi connectivity index (χ2n) is 8.70. The lowest BCUT2D eigenvalue weighted by atomic mass is 9.98. The van der Waals surface area contributed by atoms with Crippen molar-refractivity contribution in [3.63, 3.8) is 0 Å². The van der Waals surface area contributed by atoms with Gasteiger partial charge in [0, 0.05) is 24.7 Å². The number of benzene rings is 2. The largest absolute Gasteiger partial charge is 0.376 e. The van der Waals surface area contributed by atoms with E-state index in [-0.39, 0.29) is 23.5 Å². The van der Waals surface area contributed by atoms with Crippen LogP contribution in [0.3, 0.4) is 0 Å². The zero-order valence-corrected chi connectivity index (χ0v) is 21.0. The number of carbonyl (C=O) groups is 1. The highest BCUT2D eigenvalue weighted by Crippen LogP contribution is 2.33. The molecule has 34 heavy (non-hydrogen) atoms. The van der Waals surface area contributed by atoms with Crippen molar-refractivity contribution < 1.29 is 17.9 Å². The molecule has 1 aromatic heterocycles. The molecule has 2 aliphatic rings. The highest BCUT2D eigenvalue weighted by atomic mass is 35.5. The average molecular weight is 520 g/mol. The first-order valence-corrected chi connectivity index (χ1v) is 14.1. The molecular weight excluding hydrogens is 494 g/mol. The molecule has 10 heteroatoms. The number of aromatic nitrogens is 1. The van der Waals surface area contributed by atoms with Gasteiger partial charge in [-0.25, -0.2) is 13.4 Å². The molecule has 0 spiro atoms. The summed E-state index contributed by atoms with van der Waals surface area (Å²) in [5.41, 5.74) is 0.850. The molecule has 0 saturated carbocycles. The summed E-state index contributed by atoms with van der Waals surface area (Å²) in [6, 6.07) is 14.0. The van der Waals surface area contributed by atoms with Gasteiger partial charge < -0.3 is 4.74 Å². The predicted octanol–water partition coefficient (Wildman–Crippen LogP) is 4.56. The minimum atomic E-state index is -3.71. The minimum Gasteiger partial charge on any atom is -0.376 e. The number of thiazole rings is 1. The number of fused-ring (bicyclic) bond motifs is 1. The molecule has 180 valence electrons. The van der Waals surface area contributed by atoms with Crippen molar-refractivity contribution in [3.8, 4) is 0 Å². The Labute approximate surface area is 208 Å². The summed E-state index contributed by atoms with van der Waals surface area (Å²) in [6.07, 6.45) is 3.10. The maximum Gasteiger partial charge on any atom is 0.243 e. The van der Waals surface area contributed by atoms with E-state index in [0.717, 1.165) is 23.1 Å². The summed E-state index contributed by atoms with van der Waals surface area (Å²) < 4.78 is 34.7. The number of hydrogen-bond acceptors (Lipinski definition) is 6. The Morgan fingerprint density at radius 1 is 1.15 bits per heavy atom. The van der Waals surface area contributed by atoms with E-state index in [0.29, 0.717) is 42.7 Å². The zero-order chi connectivity index (χ0) is 23.7. The number of rotatable bonds is 6. The van der Waals surface area contributed by atoms with Crippen molar-refractivity contribution in [2.75, 3.05) is 31.1 Å². The number of ether oxygens (including phenoxy) is 1. The van der Waals surface area contributed by atoms with Crippen molar-refractivity contribution in [1.82, 2.24) is 9.29 Å². The number of sulfonamides is 1. The van der Waals surface area contributed by atoms with Crippen LogP contribution in [0.15, 0.2) is 53.4 Å². The minimum absolute atomic E-state index is 0.0338. The van der Waals surface area contributed by atoms with Crippen molar-refractivity contribution in [2.24, 2.45) is 5.92 Å². The molecule has 2 unspecified atom stereocenters. The number of anilines is 1. The van der Waals surface area contributed by atoms with Crippen LogP contribution in [-0.4, -0.2) is 56.0 Å². The third-order valence-corrected chi connectivity index (χ3v) is 9.57. The fourth-order valence-electron chi connectivity index (χ4n) is 4.57. The van der Waals surface area contributed by atoms with Gasteiger partial charge in [-0.1, -0.05) is 35.1 Å². The van der Waals surface area contributed by atoms with Crippen LogP contribution in [-0.2, 0) is 19.6 Å². The van der Waals surface area contributed by atoms with Crippen LogP contribution in [0.25, 0.3) is 10.2 Å². The van der Waals surface area contributed by atoms with Crippen molar-refractivity contribution in [1.29, 1.82) is 0 Å². The highest BCUT2D eigenvalue weighted by molar-refractivity contribution is 7.89. The molecule has 3 aromatic rings. The lowest BCUT2D eigenvalue weighted by molar-refractivity contribution is -0.123. The fraction of sp³-hybridized carbons (Fsp3) is 0.417. The summed E-state index contributed by atoms with van der Waals surface area (Å²) in [5.74, 6) is -0.533.